The van der Waals surface area contributed by atoms with E-state index in [1.807, 2.05) is 0 Å². The van der Waals surface area contributed by atoms with Gasteiger partial charge in [0.15, 0.2) is 0 Å². The van der Waals surface area contributed by atoms with Gasteiger partial charge in [-0.1, -0.05) is 0 Å². The maximum atomic E-state index is 11.9. The number of hydrogen-bond acceptors (Lipinski definition) is 7. The van der Waals surface area contributed by atoms with E-state index in [2.05, 4.69) is 32.3 Å². The molecular weight excluding hydrogens is 344 g/mol. The molecule has 0 radical (unpaired) electrons. The summed E-state index contributed by atoms with van der Waals surface area (Å²) in [5.41, 5.74) is 0.535. The van der Waals surface area contributed by atoms with Gasteiger partial charge in [-0.2, -0.15) is 5.10 Å². The molecule has 10 heteroatoms. The highest BCUT2D eigenvalue weighted by atomic mass is 32.2. The summed E-state index contributed by atoms with van der Waals surface area (Å²) in [7, 11) is -1.86. The van der Waals surface area contributed by atoms with Crippen molar-refractivity contribution in [3.63, 3.8) is 0 Å². The van der Waals surface area contributed by atoms with E-state index < -0.39 is 10.0 Å². The Balaban J connectivity index is 2.01. The Morgan fingerprint density at radius 1 is 1.44 bits per heavy atom. The third-order valence-corrected chi connectivity index (χ3v) is 5.29. The first-order valence-electron chi connectivity index (χ1n) is 7.91. The van der Waals surface area contributed by atoms with Crippen molar-refractivity contribution in [1.82, 2.24) is 15.2 Å². The first-order valence-corrected chi connectivity index (χ1v) is 9.76. The fourth-order valence-corrected chi connectivity index (χ4v) is 3.11. The van der Waals surface area contributed by atoms with Gasteiger partial charge in [0, 0.05) is 31.8 Å². The molecular formula is C15H22N6O3S. The van der Waals surface area contributed by atoms with E-state index in [4.69, 9.17) is 4.74 Å². The maximum Gasteiger partial charge on any atom is 0.231 e. The average Bonchev–Trinajstić information content (AvgIpc) is 3.06. The number of nitrogens with one attached hydrogen (secondary N) is 2. The van der Waals surface area contributed by atoms with Gasteiger partial charge in [0.2, 0.25) is 10.0 Å². The molecule has 2 N–H and O–H groups in total. The fraction of sp³-hybridized carbons (Fsp3) is 0.467. The first-order chi connectivity index (χ1) is 11.8. The zero-order valence-electron chi connectivity index (χ0n) is 14.4. The van der Waals surface area contributed by atoms with Crippen molar-refractivity contribution in [2.45, 2.75) is 13.0 Å². The van der Waals surface area contributed by atoms with Gasteiger partial charge >= 0.3 is 0 Å². The van der Waals surface area contributed by atoms with E-state index in [1.54, 1.807) is 24.4 Å². The molecule has 2 aromatic heterocycles. The Kier molecular flexibility index (Phi) is 4.82. The van der Waals surface area contributed by atoms with Gasteiger partial charge in [0.05, 0.1) is 37.4 Å². The number of H-pyrrole nitrogens is 1. The molecule has 3 rings (SSSR count). The molecule has 0 bridgehead atoms. The summed E-state index contributed by atoms with van der Waals surface area (Å²) >= 11 is 0. The molecule has 1 aliphatic rings. The van der Waals surface area contributed by atoms with Crippen molar-refractivity contribution in [2.24, 2.45) is 0 Å². The Morgan fingerprint density at radius 3 is 2.88 bits per heavy atom. The van der Waals surface area contributed by atoms with Crippen molar-refractivity contribution in [2.75, 3.05) is 47.6 Å². The maximum absolute atomic E-state index is 11.9. The van der Waals surface area contributed by atoms with E-state index in [0.29, 0.717) is 42.9 Å². The lowest BCUT2D eigenvalue weighted by atomic mass is 10.2. The topological polar surface area (TPSA) is 103 Å². The van der Waals surface area contributed by atoms with Crippen LogP contribution in [0.2, 0.25) is 0 Å². The molecule has 0 unspecified atom stereocenters. The second kappa shape index (κ2) is 6.89. The number of ether oxygens (including phenoxy) is 1. The lowest BCUT2D eigenvalue weighted by Crippen LogP contribution is -2.44. The molecule has 0 aromatic carbocycles. The molecule has 1 atom stereocenters. The van der Waals surface area contributed by atoms with Crippen LogP contribution in [0.4, 0.5) is 23.1 Å². The number of rotatable bonds is 5. The van der Waals surface area contributed by atoms with Crippen LogP contribution in [0.5, 0.6) is 0 Å². The average molecular weight is 366 g/mol. The molecule has 1 saturated heterocycles. The number of hydrogen-bond donors (Lipinski definition) is 2. The highest BCUT2D eigenvalue weighted by molar-refractivity contribution is 7.92. The van der Waals surface area contributed by atoms with Gasteiger partial charge < -0.3 is 15.0 Å². The molecule has 1 fully saturated rings. The molecule has 25 heavy (non-hydrogen) atoms. The summed E-state index contributed by atoms with van der Waals surface area (Å²) in [6.45, 7) is 3.97. The van der Waals surface area contributed by atoms with E-state index in [-0.39, 0.29) is 6.04 Å². The summed E-state index contributed by atoms with van der Waals surface area (Å²) in [4.78, 5) is 6.75. The van der Waals surface area contributed by atoms with Gasteiger partial charge in [0.1, 0.15) is 17.5 Å². The number of pyridine rings is 1. The normalized spacial score (nSPS) is 18.2. The highest BCUT2D eigenvalue weighted by Crippen LogP contribution is 2.28. The van der Waals surface area contributed by atoms with E-state index >= 15 is 0 Å². The number of aromatic amines is 1. The smallest absolute Gasteiger partial charge is 0.231 e. The van der Waals surface area contributed by atoms with Gasteiger partial charge in [-0.3, -0.25) is 9.40 Å². The quantitative estimate of drug-likeness (QED) is 0.818. The second-order valence-corrected chi connectivity index (χ2v) is 8.03. The number of anilines is 4. The predicted molar refractivity (Wildman–Crippen MR) is 97.0 cm³/mol. The minimum Gasteiger partial charge on any atom is -0.377 e. The Labute approximate surface area is 147 Å². The van der Waals surface area contributed by atoms with Crippen LogP contribution in [0, 0.1) is 0 Å². The van der Waals surface area contributed by atoms with Crippen LogP contribution in [-0.2, 0) is 14.8 Å². The van der Waals surface area contributed by atoms with Crippen molar-refractivity contribution in [3.8, 4) is 0 Å². The van der Waals surface area contributed by atoms with Crippen molar-refractivity contribution >= 4 is 33.2 Å². The number of nitrogens with zero attached hydrogens (tertiary/aromatic N) is 4. The van der Waals surface area contributed by atoms with Crippen LogP contribution in [0.1, 0.15) is 6.92 Å². The van der Waals surface area contributed by atoms with E-state index in [9.17, 15) is 8.42 Å². The van der Waals surface area contributed by atoms with Crippen LogP contribution in [-0.4, -0.2) is 62.7 Å². The third kappa shape index (κ3) is 4.02. The molecule has 136 valence electrons. The van der Waals surface area contributed by atoms with Gasteiger partial charge in [-0.05, 0) is 6.92 Å². The van der Waals surface area contributed by atoms with Crippen molar-refractivity contribution in [1.29, 1.82) is 0 Å². The second-order valence-electron chi connectivity index (χ2n) is 6.01. The molecule has 9 nitrogen and oxygen atoms in total. The molecule has 0 saturated carbocycles. The Hall–Kier alpha value is -2.33. The Bertz CT molecular complexity index is 824. The number of sulfonamides is 1. The molecule has 3 heterocycles. The summed E-state index contributed by atoms with van der Waals surface area (Å²) in [5.74, 6) is 1.91. The van der Waals surface area contributed by atoms with Crippen molar-refractivity contribution < 1.29 is 13.2 Å². The summed E-state index contributed by atoms with van der Waals surface area (Å²) in [5, 5.41) is 9.81. The monoisotopic (exact) mass is 366 g/mol. The van der Waals surface area contributed by atoms with Crippen LogP contribution in [0.3, 0.4) is 0 Å². The Morgan fingerprint density at radius 2 is 2.24 bits per heavy atom. The molecule has 0 amide bonds. The predicted octanol–water partition coefficient (Wildman–Crippen LogP) is 1.17. The SMILES string of the molecule is C[C@@H]1COCCN1c1cc(N(C)S(C)(=O)=O)cc(Nc2ccn[nH]2)n1. The first kappa shape index (κ1) is 17.5. The fourth-order valence-electron chi connectivity index (χ4n) is 2.62. The third-order valence-electron chi connectivity index (χ3n) is 4.08. The number of aromatic nitrogens is 3. The van der Waals surface area contributed by atoms with Gasteiger partial charge in [-0.25, -0.2) is 13.4 Å². The van der Waals surface area contributed by atoms with Crippen LogP contribution >= 0.6 is 0 Å². The standard InChI is InChI=1S/C15H22N6O3S/c1-11-10-24-7-6-21(11)15-9-12(20(2)25(3,22)23)8-14(18-15)17-13-4-5-16-19-13/h4-5,8-9,11H,6-7,10H2,1-3H3,(H2,16,17,18,19)/t11-/m1/s1. The van der Waals surface area contributed by atoms with Crippen molar-refractivity contribution in [3.05, 3.63) is 24.4 Å². The summed E-state index contributed by atoms with van der Waals surface area (Å²) in [6.07, 6.45) is 2.80. The lowest BCUT2D eigenvalue weighted by Gasteiger charge is -2.35. The highest BCUT2D eigenvalue weighted by Gasteiger charge is 2.23. The molecule has 0 spiro atoms. The van der Waals surface area contributed by atoms with Crippen LogP contribution in [0.25, 0.3) is 0 Å². The zero-order chi connectivity index (χ0) is 18.0. The minimum atomic E-state index is -3.38. The van der Waals surface area contributed by atoms with E-state index in [1.165, 1.54) is 17.6 Å². The molecule has 2 aromatic rings. The van der Waals surface area contributed by atoms with E-state index in [0.717, 1.165) is 0 Å². The van der Waals surface area contributed by atoms with Gasteiger partial charge in [0.25, 0.3) is 0 Å². The minimum absolute atomic E-state index is 0.153. The molecule has 0 aliphatic carbocycles. The van der Waals surface area contributed by atoms with Crippen LogP contribution in [0.15, 0.2) is 24.4 Å². The lowest BCUT2D eigenvalue weighted by molar-refractivity contribution is 0.0985. The molecule has 1 aliphatic heterocycles. The largest absolute Gasteiger partial charge is 0.377 e. The zero-order valence-corrected chi connectivity index (χ0v) is 15.2. The van der Waals surface area contributed by atoms with Crippen LogP contribution < -0.4 is 14.5 Å². The summed E-state index contributed by atoms with van der Waals surface area (Å²) in [6, 6.07) is 5.39. The summed E-state index contributed by atoms with van der Waals surface area (Å²) < 4.78 is 30.6. The van der Waals surface area contributed by atoms with Gasteiger partial charge in [-0.15, -0.1) is 0 Å². The number of morpholine rings is 1.